The van der Waals surface area contributed by atoms with Gasteiger partial charge in [0, 0.05) is 18.4 Å². The van der Waals surface area contributed by atoms with Gasteiger partial charge >= 0.3 is 0 Å². The first-order valence-electron chi connectivity index (χ1n) is 6.13. The van der Waals surface area contributed by atoms with Crippen molar-refractivity contribution in [1.29, 1.82) is 0 Å². The summed E-state index contributed by atoms with van der Waals surface area (Å²) < 4.78 is 1.88. The second kappa shape index (κ2) is 7.06. The molecule has 1 amide bonds. The van der Waals surface area contributed by atoms with Crippen molar-refractivity contribution in [3.8, 4) is 0 Å². The van der Waals surface area contributed by atoms with Crippen LogP contribution >= 0.6 is 0 Å². The highest BCUT2D eigenvalue weighted by Gasteiger charge is 2.07. The van der Waals surface area contributed by atoms with Crippen molar-refractivity contribution >= 4 is 5.91 Å². The van der Waals surface area contributed by atoms with E-state index < -0.39 is 0 Å². The smallest absolute Gasteiger partial charge is 0.240 e. The Morgan fingerprint density at radius 1 is 1.53 bits per heavy atom. The SMILES string of the molecule is CCCNCc1nccn1CC(=O)NC(C)C. The number of hydrogen-bond acceptors (Lipinski definition) is 3. The molecule has 0 unspecified atom stereocenters. The number of rotatable bonds is 7. The van der Waals surface area contributed by atoms with Crippen LogP contribution in [-0.4, -0.2) is 28.0 Å². The van der Waals surface area contributed by atoms with E-state index in [4.69, 9.17) is 0 Å². The minimum Gasteiger partial charge on any atom is -0.352 e. The average molecular weight is 238 g/mol. The highest BCUT2D eigenvalue weighted by molar-refractivity contribution is 5.76. The van der Waals surface area contributed by atoms with Crippen molar-refractivity contribution in [3.05, 3.63) is 18.2 Å². The van der Waals surface area contributed by atoms with Gasteiger partial charge in [0.05, 0.1) is 6.54 Å². The largest absolute Gasteiger partial charge is 0.352 e. The molecular weight excluding hydrogens is 216 g/mol. The Morgan fingerprint density at radius 3 is 2.94 bits per heavy atom. The molecule has 0 aliphatic rings. The zero-order valence-corrected chi connectivity index (χ0v) is 10.9. The van der Waals surface area contributed by atoms with Gasteiger partial charge < -0.3 is 15.2 Å². The van der Waals surface area contributed by atoms with Crippen molar-refractivity contribution in [2.24, 2.45) is 0 Å². The number of hydrogen-bond donors (Lipinski definition) is 2. The minimum absolute atomic E-state index is 0.0229. The summed E-state index contributed by atoms with van der Waals surface area (Å²) in [6, 6.07) is 0.174. The van der Waals surface area contributed by atoms with Crippen LogP contribution in [0.1, 0.15) is 33.0 Å². The van der Waals surface area contributed by atoms with Gasteiger partial charge in [-0.15, -0.1) is 0 Å². The third-order valence-corrected chi connectivity index (χ3v) is 2.28. The molecule has 5 nitrogen and oxygen atoms in total. The predicted molar refractivity (Wildman–Crippen MR) is 67.5 cm³/mol. The first-order chi connectivity index (χ1) is 8.13. The molecule has 1 rings (SSSR count). The standard InChI is InChI=1S/C12H22N4O/c1-4-5-13-8-11-14-6-7-16(11)9-12(17)15-10(2)3/h6-7,10,13H,4-5,8-9H2,1-3H3,(H,15,17). The van der Waals surface area contributed by atoms with Crippen LogP contribution in [0.2, 0.25) is 0 Å². The summed E-state index contributed by atoms with van der Waals surface area (Å²) in [5, 5.41) is 6.14. The van der Waals surface area contributed by atoms with Gasteiger partial charge in [0.15, 0.2) is 0 Å². The molecule has 1 aromatic rings. The first-order valence-corrected chi connectivity index (χ1v) is 6.13. The van der Waals surface area contributed by atoms with Crippen molar-refractivity contribution in [2.45, 2.75) is 46.3 Å². The Labute approximate surface area is 103 Å². The first kappa shape index (κ1) is 13.7. The van der Waals surface area contributed by atoms with E-state index in [0.717, 1.165) is 18.8 Å². The van der Waals surface area contributed by atoms with Crippen LogP contribution < -0.4 is 10.6 Å². The summed E-state index contributed by atoms with van der Waals surface area (Å²) in [6.07, 6.45) is 4.66. The topological polar surface area (TPSA) is 59.0 Å². The molecule has 0 atom stereocenters. The van der Waals surface area contributed by atoms with Crippen molar-refractivity contribution < 1.29 is 4.79 Å². The van der Waals surface area contributed by atoms with E-state index in [9.17, 15) is 4.79 Å². The maximum absolute atomic E-state index is 11.6. The van der Waals surface area contributed by atoms with Crippen LogP contribution in [-0.2, 0) is 17.9 Å². The molecule has 0 radical (unpaired) electrons. The van der Waals surface area contributed by atoms with Gasteiger partial charge in [0.25, 0.3) is 0 Å². The van der Waals surface area contributed by atoms with Gasteiger partial charge in [-0.25, -0.2) is 4.98 Å². The second-order valence-corrected chi connectivity index (χ2v) is 4.37. The lowest BCUT2D eigenvalue weighted by Gasteiger charge is -2.11. The number of carbonyl (C=O) groups is 1. The van der Waals surface area contributed by atoms with E-state index in [-0.39, 0.29) is 11.9 Å². The maximum Gasteiger partial charge on any atom is 0.240 e. The zero-order chi connectivity index (χ0) is 12.7. The van der Waals surface area contributed by atoms with Gasteiger partial charge in [-0.05, 0) is 26.8 Å². The van der Waals surface area contributed by atoms with Crippen molar-refractivity contribution in [1.82, 2.24) is 20.2 Å². The molecular formula is C12H22N4O. The molecule has 0 spiro atoms. The van der Waals surface area contributed by atoms with E-state index in [1.807, 2.05) is 24.6 Å². The monoisotopic (exact) mass is 238 g/mol. The highest BCUT2D eigenvalue weighted by atomic mass is 16.2. The summed E-state index contributed by atoms with van der Waals surface area (Å²) in [5.74, 6) is 0.923. The molecule has 0 saturated heterocycles. The van der Waals surface area contributed by atoms with Crippen molar-refractivity contribution in [2.75, 3.05) is 6.54 Å². The Kier molecular flexibility index (Phi) is 5.69. The third-order valence-electron chi connectivity index (χ3n) is 2.28. The quantitative estimate of drug-likeness (QED) is 0.694. The fourth-order valence-corrected chi connectivity index (χ4v) is 1.55. The molecule has 17 heavy (non-hydrogen) atoms. The second-order valence-electron chi connectivity index (χ2n) is 4.37. The Bertz CT molecular complexity index is 346. The van der Waals surface area contributed by atoms with E-state index in [0.29, 0.717) is 13.1 Å². The van der Waals surface area contributed by atoms with Gasteiger partial charge in [0.1, 0.15) is 12.4 Å². The number of nitrogens with one attached hydrogen (secondary N) is 2. The van der Waals surface area contributed by atoms with Gasteiger partial charge in [-0.1, -0.05) is 6.92 Å². The third kappa shape index (κ3) is 4.99. The molecule has 0 fully saturated rings. The lowest BCUT2D eigenvalue weighted by Crippen LogP contribution is -2.33. The van der Waals surface area contributed by atoms with Crippen LogP contribution in [0.15, 0.2) is 12.4 Å². The molecule has 1 heterocycles. The summed E-state index contributed by atoms with van der Waals surface area (Å²) in [6.45, 7) is 8.03. The molecule has 0 aromatic carbocycles. The molecule has 0 aliphatic carbocycles. The molecule has 0 saturated carbocycles. The van der Waals surface area contributed by atoms with Gasteiger partial charge in [-0.3, -0.25) is 4.79 Å². The Morgan fingerprint density at radius 2 is 2.29 bits per heavy atom. The number of nitrogens with zero attached hydrogens (tertiary/aromatic N) is 2. The molecule has 2 N–H and O–H groups in total. The fraction of sp³-hybridized carbons (Fsp3) is 0.667. The minimum atomic E-state index is 0.0229. The van der Waals surface area contributed by atoms with Gasteiger partial charge in [0.2, 0.25) is 5.91 Å². The number of imidazole rings is 1. The highest BCUT2D eigenvalue weighted by Crippen LogP contribution is 1.97. The van der Waals surface area contributed by atoms with E-state index in [2.05, 4.69) is 22.5 Å². The Balaban J connectivity index is 2.47. The van der Waals surface area contributed by atoms with E-state index in [1.165, 1.54) is 0 Å². The lowest BCUT2D eigenvalue weighted by atomic mass is 10.4. The van der Waals surface area contributed by atoms with Gasteiger partial charge in [-0.2, -0.15) is 0 Å². The molecule has 0 aliphatic heterocycles. The van der Waals surface area contributed by atoms with Crippen LogP contribution in [0, 0.1) is 0 Å². The summed E-state index contributed by atoms with van der Waals surface area (Å²) in [7, 11) is 0. The van der Waals surface area contributed by atoms with Crippen molar-refractivity contribution in [3.63, 3.8) is 0 Å². The predicted octanol–water partition coefficient (Wildman–Crippen LogP) is 0.907. The molecule has 96 valence electrons. The lowest BCUT2D eigenvalue weighted by molar-refractivity contribution is -0.122. The van der Waals surface area contributed by atoms with Crippen LogP contribution in [0.5, 0.6) is 0 Å². The van der Waals surface area contributed by atoms with E-state index >= 15 is 0 Å². The average Bonchev–Trinajstić information content (AvgIpc) is 2.65. The fourth-order valence-electron chi connectivity index (χ4n) is 1.55. The summed E-state index contributed by atoms with van der Waals surface area (Å²) >= 11 is 0. The van der Waals surface area contributed by atoms with E-state index in [1.54, 1.807) is 6.20 Å². The zero-order valence-electron chi connectivity index (χ0n) is 10.9. The summed E-state index contributed by atoms with van der Waals surface area (Å²) in [5.41, 5.74) is 0. The molecule has 5 heteroatoms. The van der Waals surface area contributed by atoms with Crippen LogP contribution in [0.4, 0.5) is 0 Å². The molecule has 0 bridgehead atoms. The van der Waals surface area contributed by atoms with Crippen LogP contribution in [0.3, 0.4) is 0 Å². The maximum atomic E-state index is 11.6. The number of carbonyl (C=O) groups excluding carboxylic acids is 1. The Hall–Kier alpha value is -1.36. The number of amides is 1. The molecule has 1 aromatic heterocycles. The summed E-state index contributed by atoms with van der Waals surface area (Å²) in [4.78, 5) is 15.9. The van der Waals surface area contributed by atoms with Crippen LogP contribution in [0.25, 0.3) is 0 Å². The number of aromatic nitrogens is 2. The normalized spacial score (nSPS) is 10.8.